The van der Waals surface area contributed by atoms with Gasteiger partial charge in [-0.25, -0.2) is 0 Å². The fourth-order valence-electron chi connectivity index (χ4n) is 0.378. The van der Waals surface area contributed by atoms with Gasteiger partial charge in [0.15, 0.2) is 0 Å². The van der Waals surface area contributed by atoms with Gasteiger partial charge in [0.2, 0.25) is 0 Å². The van der Waals surface area contributed by atoms with Crippen LogP contribution in [0.25, 0.3) is 0 Å². The Labute approximate surface area is 73.2 Å². The molecule has 86 valence electrons. The molecule has 0 saturated heterocycles. The zero-order valence-electron chi connectivity index (χ0n) is 5.89. The molecular formula is H11O10P3. The molecule has 0 aliphatic rings. The van der Waals surface area contributed by atoms with Crippen LogP contribution in [-0.2, 0) is 8.62 Å². The molecule has 13 heteroatoms. The van der Waals surface area contributed by atoms with E-state index in [9.17, 15) is 0 Å². The van der Waals surface area contributed by atoms with Crippen LogP contribution in [-0.4, -0.2) is 39.1 Å². The van der Waals surface area contributed by atoms with Gasteiger partial charge in [-0.15, -0.1) is 0 Å². The van der Waals surface area contributed by atoms with Crippen LogP contribution in [0.2, 0.25) is 0 Å². The molecule has 13 heavy (non-hydrogen) atoms. The van der Waals surface area contributed by atoms with Crippen LogP contribution in [0.4, 0.5) is 0 Å². The molecule has 0 radical (unpaired) electrons. The fourth-order valence-corrected chi connectivity index (χ4v) is 3.77. The van der Waals surface area contributed by atoms with E-state index < -0.39 is 24.5 Å². The van der Waals surface area contributed by atoms with Crippen molar-refractivity contribution >= 4 is 24.5 Å². The minimum absolute atomic E-state index is 3.39. The van der Waals surface area contributed by atoms with Gasteiger partial charge in [0.1, 0.15) is 0 Å². The Morgan fingerprint density at radius 2 is 0.769 bits per heavy atom. The van der Waals surface area contributed by atoms with E-state index in [4.69, 9.17) is 39.1 Å². The van der Waals surface area contributed by atoms with Gasteiger partial charge in [0.25, 0.3) is 0 Å². The number of hydrogen-bond donors (Lipinski definition) is 8. The van der Waals surface area contributed by atoms with Gasteiger partial charge >= 0.3 is 72.3 Å². The predicted molar refractivity (Wildman–Crippen MR) is 44.9 cm³/mol. The van der Waals surface area contributed by atoms with E-state index in [1.165, 1.54) is 0 Å². The van der Waals surface area contributed by atoms with Crippen molar-refractivity contribution in [2.24, 2.45) is 0 Å². The Bertz CT molecular complexity index is 142. The van der Waals surface area contributed by atoms with Crippen molar-refractivity contribution in [3.63, 3.8) is 0 Å². The average Bonchev–Trinajstić information content (AvgIpc) is 1.43. The molecule has 0 unspecified atom stereocenters. The predicted octanol–water partition coefficient (Wildman–Crippen LogP) is -2.81. The van der Waals surface area contributed by atoms with Crippen LogP contribution < -0.4 is 0 Å². The fraction of sp³-hybridized carbons (Fsp3) is 0. The summed E-state index contributed by atoms with van der Waals surface area (Å²) >= 11 is 0. The van der Waals surface area contributed by atoms with Crippen molar-refractivity contribution in [1.29, 1.82) is 0 Å². The summed E-state index contributed by atoms with van der Waals surface area (Å²) in [6, 6.07) is 0. The Kier molecular flexibility index (Phi) is 4.46. The zero-order valence-corrected chi connectivity index (χ0v) is 8.89. The second-order valence-corrected chi connectivity index (χ2v) is 6.93. The average molecular weight is 264 g/mol. The Hall–Kier alpha value is 0.890. The first-order chi connectivity index (χ1) is 5.41. The van der Waals surface area contributed by atoms with Crippen LogP contribution in [0.15, 0.2) is 0 Å². The quantitative estimate of drug-likeness (QED) is 0.247. The van der Waals surface area contributed by atoms with Gasteiger partial charge in [-0.05, 0) is 0 Å². The van der Waals surface area contributed by atoms with Crippen LogP contribution >= 0.6 is 24.5 Å². The van der Waals surface area contributed by atoms with Crippen LogP contribution in [0.5, 0.6) is 0 Å². The Morgan fingerprint density at radius 3 is 0.923 bits per heavy atom. The monoisotopic (exact) mass is 264 g/mol. The van der Waals surface area contributed by atoms with Crippen molar-refractivity contribution in [3.8, 4) is 0 Å². The topological polar surface area (TPSA) is 180 Å². The summed E-state index contributed by atoms with van der Waals surface area (Å²) in [5.74, 6) is 0. The summed E-state index contributed by atoms with van der Waals surface area (Å²) in [5, 5.41) is 0. The van der Waals surface area contributed by atoms with Crippen molar-refractivity contribution in [2.45, 2.75) is 0 Å². The molecular weight excluding hydrogens is 253 g/mol. The molecule has 0 amide bonds. The maximum atomic E-state index is 8.55. The number of rotatable bonds is 4. The van der Waals surface area contributed by atoms with E-state index in [1.54, 1.807) is 0 Å². The third kappa shape index (κ3) is 9.20. The molecule has 0 bridgehead atoms. The minimum atomic E-state index is -5.35. The van der Waals surface area contributed by atoms with Crippen molar-refractivity contribution in [1.82, 2.24) is 0 Å². The van der Waals surface area contributed by atoms with Gasteiger partial charge in [-0.1, -0.05) is 0 Å². The Morgan fingerprint density at radius 1 is 0.538 bits per heavy atom. The standard InChI is InChI=1S/H11O10P3/c1-11(2,3)9-13(7,8)10-12(4,5)6/h1-8,11-13H. The molecule has 0 rings (SSSR count). The van der Waals surface area contributed by atoms with Crippen molar-refractivity contribution in [2.75, 3.05) is 0 Å². The number of hydrogen-bond acceptors (Lipinski definition) is 10. The van der Waals surface area contributed by atoms with Crippen LogP contribution in [0.3, 0.4) is 0 Å². The molecule has 0 aromatic carbocycles. The van der Waals surface area contributed by atoms with E-state index >= 15 is 0 Å². The normalized spacial score (nSPS) is 18.5. The molecule has 0 fully saturated rings. The second-order valence-electron chi connectivity index (χ2n) is 1.90. The van der Waals surface area contributed by atoms with E-state index in [0.717, 1.165) is 0 Å². The SMILES string of the molecule is O[PH](O)(O)O[PH](O)(O)O[PH](O)(O)O. The van der Waals surface area contributed by atoms with E-state index in [-0.39, 0.29) is 0 Å². The van der Waals surface area contributed by atoms with Crippen LogP contribution in [0.1, 0.15) is 0 Å². The molecule has 0 spiro atoms. The summed E-state index contributed by atoms with van der Waals surface area (Å²) in [5.41, 5.74) is 0. The third-order valence-electron chi connectivity index (χ3n) is 0.540. The third-order valence-corrected chi connectivity index (χ3v) is 4.86. The molecule has 0 aliphatic heterocycles. The zero-order chi connectivity index (χ0) is 10.9. The molecule has 10 nitrogen and oxygen atoms in total. The molecule has 0 saturated carbocycles. The molecule has 0 aromatic heterocycles. The first kappa shape index (κ1) is 13.9. The molecule has 0 aromatic rings. The first-order valence-electron chi connectivity index (χ1n) is 2.61. The van der Waals surface area contributed by atoms with E-state index in [0.29, 0.717) is 0 Å². The van der Waals surface area contributed by atoms with Gasteiger partial charge in [0, 0.05) is 0 Å². The molecule has 0 atom stereocenters. The Balaban J connectivity index is 4.25. The molecule has 8 N–H and O–H groups in total. The van der Waals surface area contributed by atoms with Gasteiger partial charge in [-0.2, -0.15) is 0 Å². The molecule has 0 aliphatic carbocycles. The second kappa shape index (κ2) is 4.18. The van der Waals surface area contributed by atoms with E-state index in [1.807, 2.05) is 0 Å². The van der Waals surface area contributed by atoms with Gasteiger partial charge in [-0.3, -0.25) is 0 Å². The first-order valence-corrected chi connectivity index (χ1v) is 7.82. The van der Waals surface area contributed by atoms with Crippen LogP contribution in [0, 0.1) is 0 Å². The summed E-state index contributed by atoms with van der Waals surface area (Å²) in [7, 11) is -15.9. The summed E-state index contributed by atoms with van der Waals surface area (Å²) < 4.78 is 6.78. The van der Waals surface area contributed by atoms with Gasteiger partial charge in [0.05, 0.1) is 0 Å². The summed E-state index contributed by atoms with van der Waals surface area (Å²) in [6.45, 7) is 0. The summed E-state index contributed by atoms with van der Waals surface area (Å²) in [4.78, 5) is 66.2. The molecule has 0 heterocycles. The van der Waals surface area contributed by atoms with Crippen molar-refractivity contribution < 1.29 is 47.8 Å². The maximum absolute atomic E-state index is 8.55. The van der Waals surface area contributed by atoms with E-state index in [2.05, 4.69) is 8.62 Å². The van der Waals surface area contributed by atoms with Crippen molar-refractivity contribution in [3.05, 3.63) is 0 Å². The van der Waals surface area contributed by atoms with Gasteiger partial charge < -0.3 is 0 Å². The summed E-state index contributed by atoms with van der Waals surface area (Å²) in [6.07, 6.45) is 0.